The number of thioether (sulfide) groups is 1. The minimum Gasteiger partial charge on any atom is -0.341 e. The van der Waals surface area contributed by atoms with Crippen LogP contribution in [0.1, 0.15) is 41.9 Å². The van der Waals surface area contributed by atoms with Crippen LogP contribution in [0.4, 0.5) is 5.69 Å². The molecule has 3 aromatic rings. The van der Waals surface area contributed by atoms with Gasteiger partial charge in [-0.25, -0.2) is 9.97 Å². The lowest BCUT2D eigenvalue weighted by Crippen LogP contribution is -2.14. The number of pyridine rings is 1. The van der Waals surface area contributed by atoms with Crippen molar-refractivity contribution in [2.75, 3.05) is 5.32 Å². The maximum atomic E-state index is 12.8. The first kappa shape index (κ1) is 17.1. The van der Waals surface area contributed by atoms with Crippen molar-refractivity contribution in [2.45, 2.75) is 42.5 Å². The first-order chi connectivity index (χ1) is 12.7. The van der Waals surface area contributed by atoms with Crippen LogP contribution in [0.2, 0.25) is 0 Å². The van der Waals surface area contributed by atoms with Crippen LogP contribution in [0, 0.1) is 0 Å². The summed E-state index contributed by atoms with van der Waals surface area (Å²) < 4.78 is 0. The number of benzene rings is 1. The van der Waals surface area contributed by atoms with Crippen molar-refractivity contribution in [1.82, 2.24) is 15.0 Å². The number of carbonyl (C=O) groups is 1. The van der Waals surface area contributed by atoms with Gasteiger partial charge < -0.3 is 16.0 Å². The van der Waals surface area contributed by atoms with E-state index in [1.165, 1.54) is 25.7 Å². The second kappa shape index (κ2) is 7.47. The number of nitrogens with two attached hydrogens (primary N) is 1. The lowest BCUT2D eigenvalue weighted by Gasteiger charge is -2.12. The van der Waals surface area contributed by atoms with Crippen LogP contribution in [0.3, 0.4) is 0 Å². The number of fused-ring (bicyclic) bond motifs is 1. The van der Waals surface area contributed by atoms with Crippen molar-refractivity contribution in [2.24, 2.45) is 5.73 Å². The summed E-state index contributed by atoms with van der Waals surface area (Å²) in [7, 11) is 0. The SMILES string of the molecule is NCc1nc2ccc(NC(=O)c3cccnc3SC3CCCC3)cc2[nH]1. The topological polar surface area (TPSA) is 96.7 Å². The van der Waals surface area contributed by atoms with E-state index in [9.17, 15) is 4.79 Å². The number of hydrogen-bond acceptors (Lipinski definition) is 5. The van der Waals surface area contributed by atoms with Crippen molar-refractivity contribution in [3.8, 4) is 0 Å². The molecule has 1 aromatic carbocycles. The Kier molecular flexibility index (Phi) is 4.90. The molecule has 1 aliphatic rings. The van der Waals surface area contributed by atoms with Gasteiger partial charge in [0.05, 0.1) is 23.1 Å². The molecule has 0 unspecified atom stereocenters. The highest BCUT2D eigenvalue weighted by Gasteiger charge is 2.20. The third kappa shape index (κ3) is 3.59. The number of rotatable bonds is 5. The van der Waals surface area contributed by atoms with Gasteiger partial charge in [0.15, 0.2) is 0 Å². The minimum absolute atomic E-state index is 0.142. The van der Waals surface area contributed by atoms with Crippen molar-refractivity contribution in [3.63, 3.8) is 0 Å². The number of hydrogen-bond donors (Lipinski definition) is 3. The first-order valence-electron chi connectivity index (χ1n) is 8.84. The molecule has 2 heterocycles. The molecule has 1 amide bonds. The molecule has 0 saturated heterocycles. The van der Waals surface area contributed by atoms with Crippen LogP contribution in [-0.2, 0) is 6.54 Å². The molecule has 7 heteroatoms. The minimum atomic E-state index is -0.142. The Morgan fingerprint density at radius 2 is 2.15 bits per heavy atom. The zero-order valence-corrected chi connectivity index (χ0v) is 15.2. The summed E-state index contributed by atoms with van der Waals surface area (Å²) in [5.41, 5.74) is 8.65. The third-order valence-corrected chi connectivity index (χ3v) is 5.93. The largest absolute Gasteiger partial charge is 0.341 e. The summed E-state index contributed by atoms with van der Waals surface area (Å²) in [6.45, 7) is 0.355. The first-order valence-corrected chi connectivity index (χ1v) is 9.72. The molecule has 0 atom stereocenters. The molecule has 0 spiro atoms. The van der Waals surface area contributed by atoms with E-state index in [4.69, 9.17) is 5.73 Å². The third-order valence-electron chi connectivity index (χ3n) is 4.58. The molecule has 0 radical (unpaired) electrons. The summed E-state index contributed by atoms with van der Waals surface area (Å²) in [6, 6.07) is 9.24. The maximum Gasteiger partial charge on any atom is 0.258 e. The molecule has 4 rings (SSSR count). The van der Waals surface area contributed by atoms with Crippen molar-refractivity contribution in [3.05, 3.63) is 47.9 Å². The zero-order chi connectivity index (χ0) is 17.9. The number of carbonyl (C=O) groups excluding carboxylic acids is 1. The van der Waals surface area contributed by atoms with Crippen LogP contribution in [0.25, 0.3) is 11.0 Å². The molecular weight excluding hydrogens is 346 g/mol. The summed E-state index contributed by atoms with van der Waals surface area (Å²) in [4.78, 5) is 24.8. The van der Waals surface area contributed by atoms with Crippen LogP contribution < -0.4 is 11.1 Å². The molecule has 1 fully saturated rings. The lowest BCUT2D eigenvalue weighted by molar-refractivity contribution is 0.102. The number of amides is 1. The molecule has 134 valence electrons. The fourth-order valence-electron chi connectivity index (χ4n) is 3.26. The molecule has 4 N–H and O–H groups in total. The van der Waals surface area contributed by atoms with E-state index in [2.05, 4.69) is 20.3 Å². The van der Waals surface area contributed by atoms with Gasteiger partial charge in [-0.2, -0.15) is 0 Å². The van der Waals surface area contributed by atoms with Crippen molar-refractivity contribution >= 4 is 34.4 Å². The van der Waals surface area contributed by atoms with Crippen LogP contribution in [0.5, 0.6) is 0 Å². The Labute approximate surface area is 156 Å². The Balaban J connectivity index is 1.54. The Morgan fingerprint density at radius 1 is 1.31 bits per heavy atom. The molecule has 0 bridgehead atoms. The Morgan fingerprint density at radius 3 is 2.96 bits per heavy atom. The predicted octanol–water partition coefficient (Wildman–Crippen LogP) is 3.70. The summed E-state index contributed by atoms with van der Waals surface area (Å²) in [5, 5.41) is 4.34. The van der Waals surface area contributed by atoms with Gasteiger partial charge in [-0.1, -0.05) is 12.8 Å². The average Bonchev–Trinajstić information content (AvgIpc) is 3.31. The predicted molar refractivity (Wildman–Crippen MR) is 104 cm³/mol. The molecule has 26 heavy (non-hydrogen) atoms. The summed E-state index contributed by atoms with van der Waals surface area (Å²) in [5.74, 6) is 0.586. The number of aromatic amines is 1. The highest BCUT2D eigenvalue weighted by Crippen LogP contribution is 2.35. The highest BCUT2D eigenvalue weighted by molar-refractivity contribution is 7.99. The van der Waals surface area contributed by atoms with Crippen LogP contribution in [0.15, 0.2) is 41.6 Å². The number of nitrogens with zero attached hydrogens (tertiary/aromatic N) is 2. The number of aromatic nitrogens is 3. The van der Waals surface area contributed by atoms with E-state index < -0.39 is 0 Å². The second-order valence-corrected chi connectivity index (χ2v) is 7.74. The van der Waals surface area contributed by atoms with Gasteiger partial charge in [-0.3, -0.25) is 4.79 Å². The Hall–Kier alpha value is -2.38. The van der Waals surface area contributed by atoms with E-state index in [1.807, 2.05) is 24.3 Å². The molecule has 6 nitrogen and oxygen atoms in total. The van der Waals surface area contributed by atoms with Gasteiger partial charge in [0.1, 0.15) is 10.9 Å². The van der Waals surface area contributed by atoms with Crippen LogP contribution >= 0.6 is 11.8 Å². The van der Waals surface area contributed by atoms with E-state index >= 15 is 0 Å². The van der Waals surface area contributed by atoms with Gasteiger partial charge in [-0.15, -0.1) is 11.8 Å². The number of imidazole rings is 1. The zero-order valence-electron chi connectivity index (χ0n) is 14.4. The second-order valence-electron chi connectivity index (χ2n) is 6.45. The van der Waals surface area contributed by atoms with Gasteiger partial charge >= 0.3 is 0 Å². The standard InChI is InChI=1S/C19H21N5OS/c20-11-17-23-15-8-7-12(10-16(15)24-17)22-18(25)14-6-3-9-21-19(14)26-13-4-1-2-5-13/h3,6-10,13H,1-2,4-5,11,20H2,(H,22,25)(H,23,24). The summed E-state index contributed by atoms with van der Waals surface area (Å²) in [6.07, 6.45) is 6.67. The Bertz CT molecular complexity index is 933. The molecule has 1 aliphatic carbocycles. The normalized spacial score (nSPS) is 14.8. The molecule has 2 aromatic heterocycles. The lowest BCUT2D eigenvalue weighted by atomic mass is 10.2. The van der Waals surface area contributed by atoms with Gasteiger partial charge in [-0.05, 0) is 43.2 Å². The van der Waals surface area contributed by atoms with Crippen molar-refractivity contribution < 1.29 is 4.79 Å². The fraction of sp³-hybridized carbons (Fsp3) is 0.316. The van der Waals surface area contributed by atoms with E-state index in [1.54, 1.807) is 24.0 Å². The van der Waals surface area contributed by atoms with E-state index in [0.29, 0.717) is 17.4 Å². The monoisotopic (exact) mass is 367 g/mol. The summed E-state index contributed by atoms with van der Waals surface area (Å²) >= 11 is 1.72. The maximum absolute atomic E-state index is 12.8. The van der Waals surface area contributed by atoms with E-state index in [0.717, 1.165) is 27.6 Å². The molecule has 0 aliphatic heterocycles. The van der Waals surface area contributed by atoms with E-state index in [-0.39, 0.29) is 5.91 Å². The molecular formula is C19H21N5OS. The van der Waals surface area contributed by atoms with Crippen molar-refractivity contribution in [1.29, 1.82) is 0 Å². The van der Waals surface area contributed by atoms with Gasteiger partial charge in [0, 0.05) is 17.1 Å². The fourth-order valence-corrected chi connectivity index (χ4v) is 4.55. The highest BCUT2D eigenvalue weighted by atomic mass is 32.2. The van der Waals surface area contributed by atoms with Crippen LogP contribution in [-0.4, -0.2) is 26.1 Å². The quantitative estimate of drug-likeness (QED) is 0.639. The number of H-pyrrole nitrogens is 1. The number of nitrogens with one attached hydrogen (secondary N) is 2. The van der Waals surface area contributed by atoms with Gasteiger partial charge in [0.25, 0.3) is 5.91 Å². The smallest absolute Gasteiger partial charge is 0.258 e. The van der Waals surface area contributed by atoms with Gasteiger partial charge in [0.2, 0.25) is 0 Å². The molecule has 1 saturated carbocycles. The number of anilines is 1. The average molecular weight is 367 g/mol.